The van der Waals surface area contributed by atoms with E-state index in [1.807, 2.05) is 18.2 Å². The van der Waals surface area contributed by atoms with Gasteiger partial charge in [-0.2, -0.15) is 8.42 Å². The summed E-state index contributed by atoms with van der Waals surface area (Å²) in [4.78, 5) is 0.0331. The summed E-state index contributed by atoms with van der Waals surface area (Å²) in [6.07, 6.45) is 13.7. The quantitative estimate of drug-likeness (QED) is 0.340. The first-order valence-corrected chi connectivity index (χ1v) is 11.5. The Morgan fingerprint density at radius 1 is 0.769 bits per heavy atom. The summed E-state index contributed by atoms with van der Waals surface area (Å²) >= 11 is 0. The number of hydrogen-bond acceptors (Lipinski definition) is 2. The Kier molecular flexibility index (Phi) is 8.60. The number of fused-ring (bicyclic) bond motifs is 1. The van der Waals surface area contributed by atoms with Crippen molar-refractivity contribution >= 4 is 10.1 Å². The van der Waals surface area contributed by atoms with Crippen molar-refractivity contribution in [1.82, 2.24) is 0 Å². The molecule has 0 aromatic heterocycles. The summed E-state index contributed by atoms with van der Waals surface area (Å²) in [6, 6.07) is 10.9. The SMILES string of the molecule is CCCCCCCCCCCCc1cc(S(=O)(=O)O)c2cccccc1-2. The zero-order valence-corrected chi connectivity index (χ0v) is 16.7. The molecular weight excluding hydrogens is 344 g/mol. The first-order valence-electron chi connectivity index (χ1n) is 10.0. The summed E-state index contributed by atoms with van der Waals surface area (Å²) < 4.78 is 32.8. The zero-order valence-electron chi connectivity index (χ0n) is 15.9. The molecule has 26 heavy (non-hydrogen) atoms. The fourth-order valence-corrected chi connectivity index (χ4v) is 4.33. The molecule has 0 saturated heterocycles. The largest absolute Gasteiger partial charge is 0.295 e. The van der Waals surface area contributed by atoms with Gasteiger partial charge in [0.25, 0.3) is 10.1 Å². The Morgan fingerprint density at radius 3 is 1.88 bits per heavy atom. The predicted octanol–water partition coefficient (Wildman–Crippen LogP) is 6.50. The van der Waals surface area contributed by atoms with Crippen LogP contribution in [0.1, 0.15) is 76.7 Å². The molecule has 0 heterocycles. The molecule has 2 rings (SSSR count). The molecule has 2 aliphatic carbocycles. The van der Waals surface area contributed by atoms with Gasteiger partial charge in [-0.1, -0.05) is 95.0 Å². The third-order valence-electron chi connectivity index (χ3n) is 5.03. The molecule has 1 N–H and O–H groups in total. The van der Waals surface area contributed by atoms with Crippen molar-refractivity contribution < 1.29 is 13.0 Å². The minimum Gasteiger partial charge on any atom is -0.282 e. The lowest BCUT2D eigenvalue weighted by atomic mass is 10.0. The molecule has 3 nitrogen and oxygen atoms in total. The van der Waals surface area contributed by atoms with Crippen LogP contribution >= 0.6 is 0 Å². The topological polar surface area (TPSA) is 54.4 Å². The van der Waals surface area contributed by atoms with E-state index >= 15 is 0 Å². The van der Waals surface area contributed by atoms with Crippen LogP contribution in [-0.4, -0.2) is 13.0 Å². The van der Waals surface area contributed by atoms with Gasteiger partial charge in [0.15, 0.2) is 0 Å². The molecule has 0 aromatic carbocycles. The maximum Gasteiger partial charge on any atom is 0.295 e. The molecule has 0 amide bonds. The first-order chi connectivity index (χ1) is 12.5. The third kappa shape index (κ3) is 6.40. The molecule has 0 radical (unpaired) electrons. The molecule has 4 heteroatoms. The lowest BCUT2D eigenvalue weighted by Gasteiger charge is -2.03. The van der Waals surface area contributed by atoms with E-state index in [1.54, 1.807) is 18.2 Å². The van der Waals surface area contributed by atoms with Gasteiger partial charge in [0.1, 0.15) is 4.90 Å². The van der Waals surface area contributed by atoms with Gasteiger partial charge < -0.3 is 0 Å². The number of rotatable bonds is 12. The van der Waals surface area contributed by atoms with Crippen LogP contribution in [0.2, 0.25) is 0 Å². The van der Waals surface area contributed by atoms with E-state index < -0.39 is 10.1 Å². The van der Waals surface area contributed by atoms with Crippen molar-refractivity contribution in [2.45, 2.75) is 82.4 Å². The standard InChI is InChI=1S/C22H32O3S/c1-2-3-4-5-6-7-8-9-10-12-15-19-18-22(26(23,24)25)21-17-14-11-13-16-20(19)21/h11,13-14,16-18H,2-10,12,15H2,1H3,(H,23,24,25). The van der Waals surface area contributed by atoms with Crippen LogP contribution in [0.15, 0.2) is 41.3 Å². The third-order valence-corrected chi connectivity index (χ3v) is 5.93. The van der Waals surface area contributed by atoms with Crippen molar-refractivity contribution in [3.05, 3.63) is 42.0 Å². The maximum atomic E-state index is 11.7. The van der Waals surface area contributed by atoms with Crippen LogP contribution in [0.25, 0.3) is 11.1 Å². The average Bonchev–Trinajstić information content (AvgIpc) is 2.78. The molecule has 0 atom stereocenters. The number of aryl methyl sites for hydroxylation is 1. The van der Waals surface area contributed by atoms with Gasteiger partial charge in [-0.3, -0.25) is 4.55 Å². The van der Waals surface area contributed by atoms with Gasteiger partial charge in [0.2, 0.25) is 0 Å². The second-order valence-electron chi connectivity index (χ2n) is 7.18. The highest BCUT2D eigenvalue weighted by atomic mass is 32.2. The van der Waals surface area contributed by atoms with Crippen molar-refractivity contribution in [2.75, 3.05) is 0 Å². The molecule has 0 bridgehead atoms. The van der Waals surface area contributed by atoms with Crippen molar-refractivity contribution in [2.24, 2.45) is 0 Å². The van der Waals surface area contributed by atoms with Gasteiger partial charge in [-0.15, -0.1) is 0 Å². The highest BCUT2D eigenvalue weighted by Crippen LogP contribution is 2.35. The van der Waals surface area contributed by atoms with Crippen molar-refractivity contribution in [3.8, 4) is 11.1 Å². The lowest BCUT2D eigenvalue weighted by molar-refractivity contribution is 0.484. The van der Waals surface area contributed by atoms with Crippen LogP contribution in [0.3, 0.4) is 0 Å². The van der Waals surface area contributed by atoms with E-state index in [-0.39, 0.29) is 4.90 Å². The second kappa shape index (κ2) is 10.7. The first kappa shape index (κ1) is 20.9. The van der Waals surface area contributed by atoms with Gasteiger partial charge in [-0.25, -0.2) is 0 Å². The van der Waals surface area contributed by atoms with Crippen LogP contribution in [0, 0.1) is 0 Å². The molecular formula is C22H32O3S. The smallest absolute Gasteiger partial charge is 0.282 e. The molecule has 0 unspecified atom stereocenters. The highest BCUT2D eigenvalue weighted by molar-refractivity contribution is 7.86. The molecule has 0 fully saturated rings. The predicted molar refractivity (Wildman–Crippen MR) is 108 cm³/mol. The molecule has 0 aliphatic heterocycles. The molecule has 2 aliphatic rings. The minimum absolute atomic E-state index is 0.0331. The summed E-state index contributed by atoms with van der Waals surface area (Å²) in [5.41, 5.74) is 2.56. The van der Waals surface area contributed by atoms with E-state index in [0.29, 0.717) is 5.56 Å². The van der Waals surface area contributed by atoms with E-state index in [9.17, 15) is 13.0 Å². The maximum absolute atomic E-state index is 11.7. The van der Waals surface area contributed by atoms with Gasteiger partial charge in [-0.05, 0) is 30.0 Å². The van der Waals surface area contributed by atoms with E-state index in [1.165, 1.54) is 57.8 Å². The van der Waals surface area contributed by atoms with Crippen LogP contribution in [-0.2, 0) is 16.5 Å². The fraction of sp³-hybridized carbons (Fsp3) is 0.545. The lowest BCUT2D eigenvalue weighted by Crippen LogP contribution is -1.96. The molecule has 0 aromatic rings. The minimum atomic E-state index is -4.19. The molecule has 0 saturated carbocycles. The number of hydrogen-bond donors (Lipinski definition) is 1. The van der Waals surface area contributed by atoms with E-state index in [4.69, 9.17) is 0 Å². The zero-order chi connectivity index (χ0) is 18.8. The Balaban J connectivity index is 1.81. The molecule has 144 valence electrons. The normalized spacial score (nSPS) is 11.9. The number of unbranched alkanes of at least 4 members (excludes halogenated alkanes) is 9. The Labute approximate surface area is 158 Å². The van der Waals surface area contributed by atoms with Crippen molar-refractivity contribution in [3.63, 3.8) is 0 Å². The van der Waals surface area contributed by atoms with Gasteiger partial charge in [0, 0.05) is 5.56 Å². The summed E-state index contributed by atoms with van der Waals surface area (Å²) in [6.45, 7) is 2.24. The Hall–Kier alpha value is -1.39. The monoisotopic (exact) mass is 376 g/mol. The van der Waals surface area contributed by atoms with Crippen LogP contribution < -0.4 is 0 Å². The van der Waals surface area contributed by atoms with Crippen LogP contribution in [0.4, 0.5) is 0 Å². The highest BCUT2D eigenvalue weighted by Gasteiger charge is 2.22. The van der Waals surface area contributed by atoms with Gasteiger partial charge >= 0.3 is 0 Å². The summed E-state index contributed by atoms with van der Waals surface area (Å²) in [7, 11) is -4.19. The van der Waals surface area contributed by atoms with E-state index in [0.717, 1.165) is 24.0 Å². The van der Waals surface area contributed by atoms with Gasteiger partial charge in [0.05, 0.1) is 0 Å². The van der Waals surface area contributed by atoms with Crippen LogP contribution in [0.5, 0.6) is 0 Å². The van der Waals surface area contributed by atoms with E-state index in [2.05, 4.69) is 6.92 Å². The van der Waals surface area contributed by atoms with Crippen molar-refractivity contribution in [1.29, 1.82) is 0 Å². The summed E-state index contributed by atoms with van der Waals surface area (Å²) in [5, 5.41) is 0. The summed E-state index contributed by atoms with van der Waals surface area (Å²) in [5.74, 6) is 0. The Bertz CT molecular complexity index is 737. The Morgan fingerprint density at radius 2 is 1.31 bits per heavy atom. The fourth-order valence-electron chi connectivity index (χ4n) is 3.58. The second-order valence-corrected chi connectivity index (χ2v) is 8.57. The molecule has 0 spiro atoms. The average molecular weight is 377 g/mol.